The van der Waals surface area contributed by atoms with Crippen molar-refractivity contribution in [2.75, 3.05) is 38.2 Å². The number of rotatable bonds is 3. The van der Waals surface area contributed by atoms with Gasteiger partial charge in [0.1, 0.15) is 4.88 Å². The van der Waals surface area contributed by atoms with Crippen LogP contribution in [0.2, 0.25) is 0 Å². The predicted molar refractivity (Wildman–Crippen MR) is 74.0 cm³/mol. The van der Waals surface area contributed by atoms with Crippen molar-refractivity contribution < 1.29 is 9.53 Å². The molecular weight excluding hydrogens is 269 g/mol. The molecule has 7 heteroatoms. The second-order valence-electron chi connectivity index (χ2n) is 4.23. The maximum atomic E-state index is 11.4. The van der Waals surface area contributed by atoms with Crippen LogP contribution in [0.3, 0.4) is 0 Å². The molecule has 5 nitrogen and oxygen atoms in total. The molecule has 1 saturated heterocycles. The van der Waals surface area contributed by atoms with Gasteiger partial charge in [-0.1, -0.05) is 19.5 Å². The van der Waals surface area contributed by atoms with Crippen LogP contribution in [0.5, 0.6) is 0 Å². The van der Waals surface area contributed by atoms with E-state index in [1.807, 2.05) is 0 Å². The fraction of sp³-hybridized carbons (Fsp3) is 0.545. The summed E-state index contributed by atoms with van der Waals surface area (Å²) < 4.78 is 4.69. The third-order valence-electron chi connectivity index (χ3n) is 3.12. The lowest BCUT2D eigenvalue weighted by molar-refractivity contribution is 0.0606. The summed E-state index contributed by atoms with van der Waals surface area (Å²) in [5.41, 5.74) is 0. The Morgan fingerprint density at radius 2 is 2.22 bits per heavy atom. The van der Waals surface area contributed by atoms with Crippen molar-refractivity contribution >= 4 is 36.4 Å². The van der Waals surface area contributed by atoms with Crippen molar-refractivity contribution in [3.05, 3.63) is 11.1 Å². The average Bonchev–Trinajstić information content (AvgIpc) is 3.15. The smallest absolute Gasteiger partial charge is 0.349 e. The summed E-state index contributed by atoms with van der Waals surface area (Å²) >= 11 is 1.41. The number of anilines is 1. The Morgan fingerprint density at radius 1 is 1.50 bits per heavy atom. The van der Waals surface area contributed by atoms with Crippen LogP contribution < -0.4 is 4.90 Å². The van der Waals surface area contributed by atoms with Gasteiger partial charge in [0.2, 0.25) is 0 Å². The van der Waals surface area contributed by atoms with Crippen molar-refractivity contribution in [2.24, 2.45) is 0 Å². The van der Waals surface area contributed by atoms with Crippen molar-refractivity contribution in [1.82, 2.24) is 9.88 Å². The highest BCUT2D eigenvalue weighted by Gasteiger charge is 2.27. The Kier molecular flexibility index (Phi) is 3.33. The number of hydrogen-bond donors (Lipinski definition) is 0. The van der Waals surface area contributed by atoms with Crippen molar-refractivity contribution in [3.63, 3.8) is 0 Å². The van der Waals surface area contributed by atoms with Gasteiger partial charge in [-0.3, -0.25) is 4.90 Å². The van der Waals surface area contributed by atoms with Gasteiger partial charge in [0.15, 0.2) is 5.13 Å². The SMILES string of the molecule is COC(=O)c1cnc(N2CCN(C3C=P3)CC2)s1. The zero-order chi connectivity index (χ0) is 12.5. The van der Waals surface area contributed by atoms with Crippen LogP contribution in [0.4, 0.5) is 5.13 Å². The highest BCUT2D eigenvalue weighted by molar-refractivity contribution is 7.51. The third kappa shape index (κ3) is 2.41. The second-order valence-corrected chi connectivity index (χ2v) is 6.37. The number of methoxy groups -OCH3 is 1. The summed E-state index contributed by atoms with van der Waals surface area (Å²) in [6.07, 6.45) is 1.60. The molecule has 3 rings (SSSR count). The molecular formula is C11H14N3O2PS. The average molecular weight is 283 g/mol. The summed E-state index contributed by atoms with van der Waals surface area (Å²) in [6, 6.07) is 0. The number of piperazine rings is 1. The number of aromatic nitrogens is 1. The molecule has 18 heavy (non-hydrogen) atoms. The number of carbonyl (C=O) groups excluding carboxylic acids is 1. The Morgan fingerprint density at radius 3 is 2.83 bits per heavy atom. The van der Waals surface area contributed by atoms with Crippen LogP contribution in [-0.4, -0.2) is 60.7 Å². The van der Waals surface area contributed by atoms with Gasteiger partial charge in [0.25, 0.3) is 0 Å². The largest absolute Gasteiger partial charge is 0.465 e. The Bertz CT molecular complexity index is 476. The van der Waals surface area contributed by atoms with Gasteiger partial charge in [-0.25, -0.2) is 9.78 Å². The summed E-state index contributed by atoms with van der Waals surface area (Å²) in [5.74, 6) is 2.70. The lowest BCUT2D eigenvalue weighted by Gasteiger charge is -2.34. The van der Waals surface area contributed by atoms with Crippen molar-refractivity contribution in [3.8, 4) is 0 Å². The fourth-order valence-electron chi connectivity index (χ4n) is 2.01. The number of carbonyl (C=O) groups is 1. The quantitative estimate of drug-likeness (QED) is 0.615. The first-order valence-corrected chi connectivity index (χ1v) is 7.69. The van der Waals surface area contributed by atoms with E-state index >= 15 is 0 Å². The molecule has 0 saturated carbocycles. The van der Waals surface area contributed by atoms with Gasteiger partial charge in [0, 0.05) is 26.2 Å². The molecule has 1 aromatic heterocycles. The maximum Gasteiger partial charge on any atom is 0.349 e. The molecule has 1 unspecified atom stereocenters. The van der Waals surface area contributed by atoms with Crippen molar-refractivity contribution in [1.29, 1.82) is 0 Å². The van der Waals surface area contributed by atoms with E-state index in [4.69, 9.17) is 4.74 Å². The van der Waals surface area contributed by atoms with Gasteiger partial charge in [-0.15, -0.1) is 0 Å². The van der Waals surface area contributed by atoms with Crippen LogP contribution in [0.25, 0.3) is 0 Å². The first kappa shape index (κ1) is 12.1. The van der Waals surface area contributed by atoms with Crippen molar-refractivity contribution in [2.45, 2.75) is 5.78 Å². The molecule has 1 atom stereocenters. The zero-order valence-corrected chi connectivity index (χ0v) is 11.8. The summed E-state index contributed by atoms with van der Waals surface area (Å²) in [7, 11) is 2.85. The van der Waals surface area contributed by atoms with E-state index in [-0.39, 0.29) is 5.97 Å². The molecule has 2 aliphatic heterocycles. The molecule has 1 aromatic rings. The number of hydrogen-bond acceptors (Lipinski definition) is 6. The van der Waals surface area contributed by atoms with Gasteiger partial charge in [-0.2, -0.15) is 0 Å². The maximum absolute atomic E-state index is 11.4. The summed E-state index contributed by atoms with van der Waals surface area (Å²) in [6.45, 7) is 4.10. The lowest BCUT2D eigenvalue weighted by atomic mass is 10.3. The normalized spacial score (nSPS) is 24.1. The molecule has 1 fully saturated rings. The molecule has 0 amide bonds. The molecule has 0 aromatic carbocycles. The first-order chi connectivity index (χ1) is 8.78. The topological polar surface area (TPSA) is 45.7 Å². The number of nitrogens with zero attached hydrogens (tertiary/aromatic N) is 3. The highest BCUT2D eigenvalue weighted by Crippen LogP contribution is 2.29. The lowest BCUT2D eigenvalue weighted by Crippen LogP contribution is -2.47. The Hall–Kier alpha value is -0.970. The minimum absolute atomic E-state index is 0.302. The molecule has 0 aliphatic carbocycles. The van der Waals surface area contributed by atoms with E-state index in [0.717, 1.165) is 31.3 Å². The third-order valence-corrected chi connectivity index (χ3v) is 5.05. The number of thiazole rings is 1. The standard InChI is InChI=1S/C11H14N3O2PS/c1-16-10(15)8-6-12-11(18-8)14-4-2-13(3-5-14)9-7-17-9/h6-7,9H,2-5H2,1H3. The van der Waals surface area contributed by atoms with Gasteiger partial charge in [0.05, 0.1) is 19.1 Å². The van der Waals surface area contributed by atoms with Gasteiger partial charge >= 0.3 is 5.97 Å². The second kappa shape index (κ2) is 4.96. The van der Waals surface area contributed by atoms with Crippen LogP contribution >= 0.6 is 19.5 Å². The van der Waals surface area contributed by atoms with E-state index < -0.39 is 0 Å². The molecule has 96 valence electrons. The van der Waals surface area contributed by atoms with Crippen LogP contribution in [0.15, 0.2) is 6.20 Å². The molecule has 0 spiro atoms. The fourth-order valence-corrected chi connectivity index (χ4v) is 3.58. The van der Waals surface area contributed by atoms with Crippen LogP contribution in [0.1, 0.15) is 9.67 Å². The van der Waals surface area contributed by atoms with Crippen LogP contribution in [-0.2, 0) is 4.74 Å². The molecule has 0 radical (unpaired) electrons. The van der Waals surface area contributed by atoms with E-state index in [0.29, 0.717) is 10.7 Å². The molecule has 0 N–H and O–H groups in total. The molecule has 3 heterocycles. The number of ether oxygens (including phenoxy) is 1. The zero-order valence-electron chi connectivity index (χ0n) is 10.1. The Balaban J connectivity index is 1.61. The van der Waals surface area contributed by atoms with Gasteiger partial charge in [-0.05, 0) is 5.80 Å². The number of esters is 1. The van der Waals surface area contributed by atoms with E-state index in [9.17, 15) is 4.79 Å². The Labute approximate surface area is 111 Å². The van der Waals surface area contributed by atoms with Gasteiger partial charge < -0.3 is 9.64 Å². The van der Waals surface area contributed by atoms with E-state index in [1.165, 1.54) is 26.7 Å². The van der Waals surface area contributed by atoms with E-state index in [2.05, 4.69) is 20.6 Å². The summed E-state index contributed by atoms with van der Waals surface area (Å²) in [4.78, 5) is 21.0. The summed E-state index contributed by atoms with van der Waals surface area (Å²) in [5, 5.41) is 0.923. The minimum atomic E-state index is -0.302. The van der Waals surface area contributed by atoms with E-state index in [1.54, 1.807) is 6.20 Å². The highest BCUT2D eigenvalue weighted by atomic mass is 32.1. The molecule has 0 bridgehead atoms. The monoisotopic (exact) mass is 283 g/mol. The minimum Gasteiger partial charge on any atom is -0.465 e. The predicted octanol–water partition coefficient (Wildman–Crippen LogP) is 1.14. The molecule has 2 aliphatic rings. The first-order valence-electron chi connectivity index (χ1n) is 5.84. The van der Waals surface area contributed by atoms with Crippen LogP contribution in [0, 0.1) is 0 Å².